The fourth-order valence-corrected chi connectivity index (χ4v) is 3.25. The molecule has 28 heavy (non-hydrogen) atoms. The second kappa shape index (κ2) is 8.60. The van der Waals surface area contributed by atoms with Crippen LogP contribution in [0.4, 0.5) is 0 Å². The number of aryl methyl sites for hydroxylation is 1. The molecule has 0 radical (unpaired) electrons. The standard InChI is InChI=1S/C20H28N6O2/c1-21-20(26-7-8-27-18(13-26)17-11-24-25(2)12-17)23-10-16-5-6-19(22-9-16)28-14-15-3-4-15/h5-6,9,11-12,15,18H,3-4,7-8,10,13-14H2,1-2H3,(H,21,23). The number of guanidine groups is 1. The second-order valence-corrected chi connectivity index (χ2v) is 7.41. The van der Waals surface area contributed by atoms with Gasteiger partial charge in [0.1, 0.15) is 6.10 Å². The first-order valence-electron chi connectivity index (χ1n) is 9.84. The Morgan fingerprint density at radius 2 is 2.25 bits per heavy atom. The zero-order chi connectivity index (χ0) is 19.3. The van der Waals surface area contributed by atoms with Crippen LogP contribution in [-0.2, 0) is 18.3 Å². The molecule has 150 valence electrons. The van der Waals surface area contributed by atoms with Gasteiger partial charge in [-0.05, 0) is 24.3 Å². The highest BCUT2D eigenvalue weighted by Crippen LogP contribution is 2.29. The monoisotopic (exact) mass is 384 g/mol. The van der Waals surface area contributed by atoms with E-state index >= 15 is 0 Å². The van der Waals surface area contributed by atoms with E-state index in [-0.39, 0.29) is 6.10 Å². The maximum absolute atomic E-state index is 5.92. The Kier molecular flexibility index (Phi) is 5.76. The van der Waals surface area contributed by atoms with Crippen molar-refractivity contribution in [2.24, 2.45) is 18.0 Å². The predicted molar refractivity (Wildman–Crippen MR) is 106 cm³/mol. The largest absolute Gasteiger partial charge is 0.477 e. The summed E-state index contributed by atoms with van der Waals surface area (Å²) in [5.74, 6) is 2.30. The molecule has 3 heterocycles. The van der Waals surface area contributed by atoms with Crippen molar-refractivity contribution in [1.82, 2.24) is 25.0 Å². The lowest BCUT2D eigenvalue weighted by molar-refractivity contribution is -0.00805. The molecule has 2 fully saturated rings. The van der Waals surface area contributed by atoms with Crippen molar-refractivity contribution in [2.75, 3.05) is 33.4 Å². The number of nitrogens with zero attached hydrogens (tertiary/aromatic N) is 5. The highest BCUT2D eigenvalue weighted by atomic mass is 16.5. The molecule has 4 rings (SSSR count). The third kappa shape index (κ3) is 4.81. The van der Waals surface area contributed by atoms with Crippen molar-refractivity contribution < 1.29 is 9.47 Å². The van der Waals surface area contributed by atoms with Gasteiger partial charge in [-0.1, -0.05) is 6.07 Å². The Balaban J connectivity index is 1.30. The minimum Gasteiger partial charge on any atom is -0.477 e. The lowest BCUT2D eigenvalue weighted by Gasteiger charge is -2.34. The third-order valence-corrected chi connectivity index (χ3v) is 5.09. The van der Waals surface area contributed by atoms with Gasteiger partial charge < -0.3 is 19.7 Å². The zero-order valence-corrected chi connectivity index (χ0v) is 16.5. The van der Waals surface area contributed by atoms with Gasteiger partial charge in [0.05, 0.1) is 26.0 Å². The first kappa shape index (κ1) is 18.7. The van der Waals surface area contributed by atoms with Crippen LogP contribution in [0.3, 0.4) is 0 Å². The summed E-state index contributed by atoms with van der Waals surface area (Å²) in [6.45, 7) is 3.67. The summed E-state index contributed by atoms with van der Waals surface area (Å²) in [5.41, 5.74) is 2.19. The quantitative estimate of drug-likeness (QED) is 0.604. The van der Waals surface area contributed by atoms with E-state index in [9.17, 15) is 0 Å². The van der Waals surface area contributed by atoms with Gasteiger partial charge in [-0.3, -0.25) is 9.67 Å². The highest BCUT2D eigenvalue weighted by molar-refractivity contribution is 5.80. The van der Waals surface area contributed by atoms with E-state index in [2.05, 4.69) is 25.3 Å². The van der Waals surface area contributed by atoms with Crippen LogP contribution in [0.2, 0.25) is 0 Å². The van der Waals surface area contributed by atoms with Crippen molar-refractivity contribution in [2.45, 2.75) is 25.5 Å². The van der Waals surface area contributed by atoms with Gasteiger partial charge in [-0.15, -0.1) is 0 Å². The maximum atomic E-state index is 5.92. The zero-order valence-electron chi connectivity index (χ0n) is 16.5. The number of rotatable bonds is 6. The number of aliphatic imine (C=N–C) groups is 1. The number of morpholine rings is 1. The molecule has 0 spiro atoms. The molecule has 1 atom stereocenters. The number of ether oxygens (including phenoxy) is 2. The van der Waals surface area contributed by atoms with Crippen molar-refractivity contribution in [3.8, 4) is 5.88 Å². The molecule has 0 amide bonds. The van der Waals surface area contributed by atoms with Crippen LogP contribution in [0.25, 0.3) is 0 Å². The Bertz CT molecular complexity index is 799. The van der Waals surface area contributed by atoms with Gasteiger partial charge in [-0.25, -0.2) is 4.98 Å². The SMILES string of the molecule is CN=C(NCc1ccc(OCC2CC2)nc1)N1CCOC(c2cnn(C)c2)C1. The molecule has 1 aliphatic carbocycles. The molecule has 2 aromatic rings. The summed E-state index contributed by atoms with van der Waals surface area (Å²) in [6, 6.07) is 3.99. The normalized spacial score (nSPS) is 20.3. The predicted octanol–water partition coefficient (Wildman–Crippen LogP) is 1.75. The van der Waals surface area contributed by atoms with E-state index in [0.717, 1.165) is 42.7 Å². The fourth-order valence-electron chi connectivity index (χ4n) is 3.25. The molecule has 1 saturated heterocycles. The van der Waals surface area contributed by atoms with E-state index in [1.807, 2.05) is 44.8 Å². The fraction of sp³-hybridized carbons (Fsp3) is 0.550. The van der Waals surface area contributed by atoms with Gasteiger partial charge >= 0.3 is 0 Å². The van der Waals surface area contributed by atoms with Crippen molar-refractivity contribution in [1.29, 1.82) is 0 Å². The first-order valence-corrected chi connectivity index (χ1v) is 9.84. The second-order valence-electron chi connectivity index (χ2n) is 7.41. The van der Waals surface area contributed by atoms with Crippen LogP contribution in [0, 0.1) is 5.92 Å². The number of hydrogen-bond acceptors (Lipinski definition) is 5. The number of pyridine rings is 1. The highest BCUT2D eigenvalue weighted by Gasteiger charge is 2.25. The number of hydrogen-bond donors (Lipinski definition) is 1. The molecule has 1 unspecified atom stereocenters. The first-order chi connectivity index (χ1) is 13.7. The van der Waals surface area contributed by atoms with E-state index in [1.54, 1.807) is 4.68 Å². The summed E-state index contributed by atoms with van der Waals surface area (Å²) in [4.78, 5) is 11.1. The summed E-state index contributed by atoms with van der Waals surface area (Å²) in [5, 5.41) is 7.68. The average molecular weight is 384 g/mol. The third-order valence-electron chi connectivity index (χ3n) is 5.09. The maximum Gasteiger partial charge on any atom is 0.213 e. The van der Waals surface area contributed by atoms with Crippen LogP contribution in [-0.4, -0.2) is 59.0 Å². The molecule has 1 saturated carbocycles. The lowest BCUT2D eigenvalue weighted by Crippen LogP contribution is -2.47. The van der Waals surface area contributed by atoms with Crippen LogP contribution in [0.15, 0.2) is 35.7 Å². The summed E-state index contributed by atoms with van der Waals surface area (Å²) < 4.78 is 13.4. The number of nitrogens with one attached hydrogen (secondary N) is 1. The van der Waals surface area contributed by atoms with Crippen molar-refractivity contribution in [3.05, 3.63) is 41.9 Å². The van der Waals surface area contributed by atoms with E-state index in [4.69, 9.17) is 9.47 Å². The Hall–Kier alpha value is -2.61. The molecule has 0 aromatic carbocycles. The van der Waals surface area contributed by atoms with Gasteiger partial charge in [0.25, 0.3) is 0 Å². The smallest absolute Gasteiger partial charge is 0.213 e. The molecule has 2 aromatic heterocycles. The molecule has 2 aliphatic rings. The minimum absolute atomic E-state index is 0.00515. The summed E-state index contributed by atoms with van der Waals surface area (Å²) >= 11 is 0. The van der Waals surface area contributed by atoms with E-state index < -0.39 is 0 Å². The van der Waals surface area contributed by atoms with E-state index in [1.165, 1.54) is 12.8 Å². The van der Waals surface area contributed by atoms with Crippen LogP contribution < -0.4 is 10.1 Å². The molecule has 0 bridgehead atoms. The van der Waals surface area contributed by atoms with Crippen molar-refractivity contribution in [3.63, 3.8) is 0 Å². The van der Waals surface area contributed by atoms with Gasteiger partial charge in [-0.2, -0.15) is 5.10 Å². The molecule has 1 N–H and O–H groups in total. The van der Waals surface area contributed by atoms with E-state index in [0.29, 0.717) is 19.0 Å². The molecule has 8 nitrogen and oxygen atoms in total. The Morgan fingerprint density at radius 1 is 1.36 bits per heavy atom. The summed E-state index contributed by atoms with van der Waals surface area (Å²) in [6.07, 6.45) is 8.30. The summed E-state index contributed by atoms with van der Waals surface area (Å²) in [7, 11) is 3.73. The Morgan fingerprint density at radius 3 is 2.93 bits per heavy atom. The molecule has 8 heteroatoms. The lowest BCUT2D eigenvalue weighted by atomic mass is 10.1. The van der Waals surface area contributed by atoms with Gasteiger partial charge in [0.2, 0.25) is 5.88 Å². The van der Waals surface area contributed by atoms with Crippen molar-refractivity contribution >= 4 is 5.96 Å². The van der Waals surface area contributed by atoms with Crippen LogP contribution in [0.1, 0.15) is 30.1 Å². The van der Waals surface area contributed by atoms with Crippen LogP contribution >= 0.6 is 0 Å². The minimum atomic E-state index is 0.00515. The average Bonchev–Trinajstić information content (AvgIpc) is 3.46. The van der Waals surface area contributed by atoms with Gasteiger partial charge in [0, 0.05) is 51.2 Å². The van der Waals surface area contributed by atoms with Crippen LogP contribution in [0.5, 0.6) is 5.88 Å². The van der Waals surface area contributed by atoms with Gasteiger partial charge in [0.15, 0.2) is 5.96 Å². The molecular weight excluding hydrogens is 356 g/mol. The topological polar surface area (TPSA) is 76.8 Å². The molecule has 1 aliphatic heterocycles. The Labute approximate surface area is 165 Å². The number of aromatic nitrogens is 3. The molecular formula is C20H28N6O2.